The smallest absolute Gasteiger partial charge is 0.326 e. The third kappa shape index (κ3) is 6.08. The van der Waals surface area contributed by atoms with E-state index in [1.807, 2.05) is 0 Å². The summed E-state index contributed by atoms with van der Waals surface area (Å²) in [6.07, 6.45) is 1.59. The maximum absolute atomic E-state index is 13.2. The Morgan fingerprint density at radius 2 is 1.66 bits per heavy atom. The van der Waals surface area contributed by atoms with E-state index in [9.17, 15) is 19.5 Å². The second-order valence-corrected chi connectivity index (χ2v) is 9.45. The Hall–Kier alpha value is -2.77. The van der Waals surface area contributed by atoms with Gasteiger partial charge >= 0.3 is 5.97 Å². The van der Waals surface area contributed by atoms with E-state index in [1.54, 1.807) is 61.2 Å². The van der Waals surface area contributed by atoms with Crippen LogP contribution in [0.5, 0.6) is 5.75 Å². The zero-order valence-corrected chi connectivity index (χ0v) is 21.4. The average molecular weight is 521 g/mol. The van der Waals surface area contributed by atoms with Crippen LogP contribution in [0.25, 0.3) is 0 Å². The number of halogens is 2. The van der Waals surface area contributed by atoms with Gasteiger partial charge in [0.15, 0.2) is 0 Å². The van der Waals surface area contributed by atoms with Crippen LogP contribution in [0.3, 0.4) is 0 Å². The third-order valence-electron chi connectivity index (χ3n) is 6.61. The van der Waals surface area contributed by atoms with Gasteiger partial charge in [0.25, 0.3) is 0 Å². The predicted molar refractivity (Wildman–Crippen MR) is 135 cm³/mol. The van der Waals surface area contributed by atoms with Crippen molar-refractivity contribution in [2.75, 3.05) is 13.1 Å². The molecule has 2 aromatic rings. The van der Waals surface area contributed by atoms with Crippen LogP contribution in [0, 0.1) is 5.41 Å². The van der Waals surface area contributed by atoms with Crippen LogP contribution >= 0.6 is 23.2 Å². The average Bonchev–Trinajstić information content (AvgIpc) is 2.79. The lowest BCUT2D eigenvalue weighted by Gasteiger charge is -2.39. The first-order chi connectivity index (χ1) is 16.7. The fourth-order valence-electron chi connectivity index (χ4n) is 4.07. The molecule has 0 unspecified atom stereocenters. The second-order valence-electron chi connectivity index (χ2n) is 8.64. The number of carboxylic acid groups (broad SMARTS) is 1. The summed E-state index contributed by atoms with van der Waals surface area (Å²) in [6.45, 7) is 5.02. The SMILES string of the molecule is CCC(CC)(C(=O)N[C@@H](Cc1ccc(OCc2c(Cl)cccc2Cl)cc1)C(=O)O)C(=O)N1CCC1. The lowest BCUT2D eigenvalue weighted by Crippen LogP contribution is -2.58. The number of carboxylic acids is 1. The summed E-state index contributed by atoms with van der Waals surface area (Å²) in [6, 6.07) is 11.0. The number of carbonyl (C=O) groups is 3. The van der Waals surface area contributed by atoms with Crippen molar-refractivity contribution in [3.8, 4) is 5.75 Å². The standard InChI is InChI=1S/C26H30Cl2N2O5/c1-3-26(4-2,25(34)30-13-6-14-30)24(33)29-22(23(31)32)15-17-9-11-18(12-10-17)35-16-19-20(27)7-5-8-21(19)28/h5,7-12,22H,3-4,6,13-16H2,1-2H3,(H,29,33)(H,31,32)/t22-/m0/s1. The lowest BCUT2D eigenvalue weighted by atomic mass is 9.78. The third-order valence-corrected chi connectivity index (χ3v) is 7.31. The topological polar surface area (TPSA) is 95.9 Å². The number of aliphatic carboxylic acids is 1. The molecule has 7 nitrogen and oxygen atoms in total. The fraction of sp³-hybridized carbons (Fsp3) is 0.423. The van der Waals surface area contributed by atoms with Crippen LogP contribution in [0.4, 0.5) is 0 Å². The maximum atomic E-state index is 13.2. The largest absolute Gasteiger partial charge is 0.489 e. The van der Waals surface area contributed by atoms with Gasteiger partial charge in [0.05, 0.1) is 0 Å². The first-order valence-corrected chi connectivity index (χ1v) is 12.4. The van der Waals surface area contributed by atoms with Gasteiger partial charge in [-0.2, -0.15) is 0 Å². The zero-order chi connectivity index (χ0) is 25.6. The van der Waals surface area contributed by atoms with Gasteiger partial charge in [-0.3, -0.25) is 9.59 Å². The highest BCUT2D eigenvalue weighted by Crippen LogP contribution is 2.32. The molecule has 0 radical (unpaired) electrons. The van der Waals surface area contributed by atoms with Crippen molar-refractivity contribution in [3.05, 3.63) is 63.6 Å². The summed E-state index contributed by atoms with van der Waals surface area (Å²) in [5.74, 6) is -1.36. The van der Waals surface area contributed by atoms with Gasteiger partial charge in [-0.1, -0.05) is 55.2 Å². The Kier molecular flexibility index (Phi) is 9.03. The molecule has 0 aromatic heterocycles. The molecule has 0 saturated carbocycles. The van der Waals surface area contributed by atoms with E-state index in [1.165, 1.54) is 0 Å². The van der Waals surface area contributed by atoms with E-state index in [0.717, 1.165) is 6.42 Å². The molecule has 0 aliphatic carbocycles. The molecule has 2 amide bonds. The van der Waals surface area contributed by atoms with Crippen molar-refractivity contribution in [2.45, 2.75) is 52.2 Å². The summed E-state index contributed by atoms with van der Waals surface area (Å²) in [5.41, 5.74) is 0.122. The lowest BCUT2D eigenvalue weighted by molar-refractivity contribution is -0.156. The van der Waals surface area contributed by atoms with Gasteiger partial charge in [0.2, 0.25) is 11.8 Å². The molecule has 0 spiro atoms. The van der Waals surface area contributed by atoms with Crippen molar-refractivity contribution in [3.63, 3.8) is 0 Å². The minimum Gasteiger partial charge on any atom is -0.489 e. The Balaban J connectivity index is 1.66. The van der Waals surface area contributed by atoms with E-state index >= 15 is 0 Å². The van der Waals surface area contributed by atoms with Crippen molar-refractivity contribution < 1.29 is 24.2 Å². The van der Waals surface area contributed by atoms with Gasteiger partial charge in [-0.15, -0.1) is 0 Å². The highest BCUT2D eigenvalue weighted by atomic mass is 35.5. The molecule has 1 atom stereocenters. The predicted octanol–water partition coefficient (Wildman–Crippen LogP) is 4.72. The molecule has 1 heterocycles. The number of benzene rings is 2. The first-order valence-electron chi connectivity index (χ1n) is 11.7. The molecule has 2 aromatic carbocycles. The van der Waals surface area contributed by atoms with Crippen LogP contribution < -0.4 is 10.1 Å². The molecule has 1 saturated heterocycles. The number of rotatable bonds is 11. The summed E-state index contributed by atoms with van der Waals surface area (Å²) >= 11 is 12.3. The number of likely N-dealkylation sites (tertiary alicyclic amines) is 1. The van der Waals surface area contributed by atoms with Gasteiger partial charge in [-0.05, 0) is 49.1 Å². The second kappa shape index (κ2) is 11.8. The molecule has 35 heavy (non-hydrogen) atoms. The Labute approximate surface area is 215 Å². The maximum Gasteiger partial charge on any atom is 0.326 e. The van der Waals surface area contributed by atoms with Crippen LogP contribution in [0.1, 0.15) is 44.2 Å². The molecule has 1 fully saturated rings. The minimum atomic E-state index is -1.26. The number of carbonyl (C=O) groups excluding carboxylic acids is 2. The van der Waals surface area contributed by atoms with Gasteiger partial charge in [-0.25, -0.2) is 4.79 Å². The van der Waals surface area contributed by atoms with E-state index in [-0.39, 0.29) is 18.9 Å². The molecule has 0 bridgehead atoms. The fourth-order valence-corrected chi connectivity index (χ4v) is 4.58. The number of ether oxygens (including phenoxy) is 1. The number of nitrogens with zero attached hydrogens (tertiary/aromatic N) is 1. The Morgan fingerprint density at radius 1 is 1.06 bits per heavy atom. The van der Waals surface area contributed by atoms with Gasteiger partial charge in [0.1, 0.15) is 23.8 Å². The van der Waals surface area contributed by atoms with Crippen LogP contribution in [-0.4, -0.2) is 46.9 Å². The molecule has 1 aliphatic rings. The van der Waals surface area contributed by atoms with Gasteiger partial charge < -0.3 is 20.1 Å². The van der Waals surface area contributed by atoms with Crippen molar-refractivity contribution in [1.82, 2.24) is 10.2 Å². The summed E-state index contributed by atoms with van der Waals surface area (Å²) in [4.78, 5) is 39.8. The van der Waals surface area contributed by atoms with Gasteiger partial charge in [0, 0.05) is 35.1 Å². The molecular weight excluding hydrogens is 491 g/mol. The summed E-state index contributed by atoms with van der Waals surface area (Å²) in [5, 5.41) is 13.4. The molecule has 1 aliphatic heterocycles. The van der Waals surface area contributed by atoms with Crippen molar-refractivity contribution >= 4 is 41.0 Å². The van der Waals surface area contributed by atoms with Crippen LogP contribution in [-0.2, 0) is 27.4 Å². The minimum absolute atomic E-state index is 0.0686. The molecular formula is C26H30Cl2N2O5. The number of hydrogen-bond donors (Lipinski definition) is 2. The molecule has 3 rings (SSSR count). The first kappa shape index (κ1) is 26.8. The number of hydrogen-bond acceptors (Lipinski definition) is 4. The normalized spacial score (nSPS) is 14.1. The van der Waals surface area contributed by atoms with E-state index in [4.69, 9.17) is 27.9 Å². The zero-order valence-electron chi connectivity index (χ0n) is 19.9. The van der Waals surface area contributed by atoms with Crippen LogP contribution in [0.15, 0.2) is 42.5 Å². The highest BCUT2D eigenvalue weighted by Gasteiger charge is 2.47. The van der Waals surface area contributed by atoms with Crippen LogP contribution in [0.2, 0.25) is 10.0 Å². The van der Waals surface area contributed by atoms with E-state index < -0.39 is 23.3 Å². The van der Waals surface area contributed by atoms with E-state index in [0.29, 0.717) is 52.9 Å². The molecule has 188 valence electrons. The molecule has 9 heteroatoms. The number of nitrogens with one attached hydrogen (secondary N) is 1. The monoisotopic (exact) mass is 520 g/mol. The summed E-state index contributed by atoms with van der Waals surface area (Å²) in [7, 11) is 0. The Bertz CT molecular complexity index is 1050. The van der Waals surface area contributed by atoms with Crippen molar-refractivity contribution in [1.29, 1.82) is 0 Å². The van der Waals surface area contributed by atoms with Crippen molar-refractivity contribution in [2.24, 2.45) is 5.41 Å². The quantitative estimate of drug-likeness (QED) is 0.417. The Morgan fingerprint density at radius 3 is 2.14 bits per heavy atom. The number of amides is 2. The summed E-state index contributed by atoms with van der Waals surface area (Å²) < 4.78 is 5.77. The van der Waals surface area contributed by atoms with E-state index in [2.05, 4.69) is 5.32 Å². The highest BCUT2D eigenvalue weighted by molar-refractivity contribution is 6.35. The molecule has 2 N–H and O–H groups in total.